The number of carbonyl (C=O) groups is 2. The fourth-order valence-electron chi connectivity index (χ4n) is 6.06. The number of carbonyl (C=O) groups excluding carboxylic acids is 1. The molecule has 0 bridgehead atoms. The van der Waals surface area contributed by atoms with Crippen LogP contribution in [0.4, 0.5) is 0 Å². The van der Waals surface area contributed by atoms with Crippen molar-refractivity contribution in [2.45, 2.75) is 135 Å². The van der Waals surface area contributed by atoms with Crippen LogP contribution in [0.25, 0.3) is 5.57 Å². The van der Waals surface area contributed by atoms with Crippen molar-refractivity contribution in [2.24, 2.45) is 0 Å². The van der Waals surface area contributed by atoms with Crippen LogP contribution in [0.2, 0.25) is 0 Å². The van der Waals surface area contributed by atoms with Gasteiger partial charge in [0, 0.05) is 0 Å². The number of benzene rings is 2. The molecule has 0 saturated heterocycles. The lowest BCUT2D eigenvalue weighted by atomic mass is 9.72. The fraction of sp³-hybridized carbons (Fsp3) is 0.550. The standard InChI is InChI=1S/C40H56O5/c1-4-6-8-10-12-13-14-16-20-32(3)45-38(41)36-21-17-18-22-37(36)40(39(42)43)29-27-34(28-30-40)33-23-25-35(26-24-33)44-31-19-15-11-9-7-5-2/h17-18,21-29,32H,4-16,19-20,30-31H2,1-3H3,(H,42,43). The molecule has 0 amide bonds. The van der Waals surface area contributed by atoms with Gasteiger partial charge in [-0.05, 0) is 67.5 Å². The zero-order valence-electron chi connectivity index (χ0n) is 28.0. The Balaban J connectivity index is 1.57. The van der Waals surface area contributed by atoms with E-state index in [1.807, 2.05) is 43.3 Å². The lowest BCUT2D eigenvalue weighted by Crippen LogP contribution is -2.36. The quantitative estimate of drug-likeness (QED) is 0.105. The SMILES string of the molecule is CCCCCCCCCCC(C)OC(=O)c1ccccc1C1(C(=O)O)C=CC(c2ccc(OCCCCCCCC)cc2)=CC1. The number of aliphatic carboxylic acids is 1. The molecule has 2 aromatic carbocycles. The van der Waals surface area contributed by atoms with Crippen LogP contribution in [0, 0.1) is 0 Å². The number of allylic oxidation sites excluding steroid dienone is 3. The van der Waals surface area contributed by atoms with Crippen molar-refractivity contribution in [1.82, 2.24) is 0 Å². The molecule has 246 valence electrons. The van der Waals surface area contributed by atoms with E-state index in [0.717, 1.165) is 49.2 Å². The molecule has 2 atom stereocenters. The Morgan fingerprint density at radius 1 is 0.800 bits per heavy atom. The molecular weight excluding hydrogens is 560 g/mol. The predicted molar refractivity (Wildman–Crippen MR) is 185 cm³/mol. The highest BCUT2D eigenvalue weighted by Crippen LogP contribution is 2.39. The maximum absolute atomic E-state index is 13.3. The first-order valence-electron chi connectivity index (χ1n) is 17.6. The number of carboxylic acids is 1. The van der Waals surface area contributed by atoms with E-state index >= 15 is 0 Å². The summed E-state index contributed by atoms with van der Waals surface area (Å²) in [5.74, 6) is -0.602. The van der Waals surface area contributed by atoms with Gasteiger partial charge >= 0.3 is 11.9 Å². The normalized spacial score (nSPS) is 16.6. The van der Waals surface area contributed by atoms with Gasteiger partial charge in [-0.2, -0.15) is 0 Å². The summed E-state index contributed by atoms with van der Waals surface area (Å²) in [7, 11) is 0. The van der Waals surface area contributed by atoms with Crippen LogP contribution < -0.4 is 4.74 Å². The van der Waals surface area contributed by atoms with Crippen molar-refractivity contribution in [3.63, 3.8) is 0 Å². The Bertz CT molecular complexity index is 1230. The number of hydrogen-bond donors (Lipinski definition) is 1. The summed E-state index contributed by atoms with van der Waals surface area (Å²) in [6.07, 6.45) is 23.6. The van der Waals surface area contributed by atoms with E-state index < -0.39 is 17.4 Å². The molecule has 1 aliphatic rings. The van der Waals surface area contributed by atoms with Crippen molar-refractivity contribution < 1.29 is 24.2 Å². The molecule has 1 N–H and O–H groups in total. The van der Waals surface area contributed by atoms with Gasteiger partial charge in [-0.15, -0.1) is 0 Å². The maximum atomic E-state index is 13.3. The minimum atomic E-state index is -1.35. The highest BCUT2D eigenvalue weighted by molar-refractivity contribution is 5.97. The van der Waals surface area contributed by atoms with Crippen molar-refractivity contribution in [3.05, 3.63) is 83.4 Å². The largest absolute Gasteiger partial charge is 0.494 e. The first-order valence-corrected chi connectivity index (χ1v) is 17.6. The van der Waals surface area contributed by atoms with Crippen LogP contribution >= 0.6 is 0 Å². The van der Waals surface area contributed by atoms with Crippen LogP contribution in [0.5, 0.6) is 5.75 Å². The molecule has 0 spiro atoms. The Morgan fingerprint density at radius 2 is 1.40 bits per heavy atom. The third-order valence-corrected chi connectivity index (χ3v) is 8.93. The number of unbranched alkanes of at least 4 members (excludes halogenated alkanes) is 12. The fourth-order valence-corrected chi connectivity index (χ4v) is 6.06. The molecule has 0 fully saturated rings. The number of carboxylic acid groups (broad SMARTS) is 1. The van der Waals surface area contributed by atoms with Crippen LogP contribution in [0.1, 0.15) is 145 Å². The van der Waals surface area contributed by atoms with Crippen LogP contribution in [-0.4, -0.2) is 29.8 Å². The van der Waals surface area contributed by atoms with Crippen LogP contribution in [-0.2, 0) is 14.9 Å². The maximum Gasteiger partial charge on any atom is 0.338 e. The highest BCUT2D eigenvalue weighted by Gasteiger charge is 2.41. The van der Waals surface area contributed by atoms with E-state index in [4.69, 9.17) is 9.47 Å². The predicted octanol–water partition coefficient (Wildman–Crippen LogP) is 10.9. The van der Waals surface area contributed by atoms with E-state index in [9.17, 15) is 14.7 Å². The van der Waals surface area contributed by atoms with Crippen molar-refractivity contribution in [2.75, 3.05) is 6.61 Å². The number of esters is 1. The average Bonchev–Trinajstić information content (AvgIpc) is 3.06. The lowest BCUT2D eigenvalue weighted by molar-refractivity contribution is -0.141. The first-order chi connectivity index (χ1) is 21.9. The second-order valence-corrected chi connectivity index (χ2v) is 12.6. The van der Waals surface area contributed by atoms with Crippen molar-refractivity contribution in [3.8, 4) is 5.75 Å². The Kier molecular flexibility index (Phi) is 16.0. The zero-order chi connectivity index (χ0) is 32.3. The molecule has 3 rings (SSSR count). The molecule has 2 unspecified atom stereocenters. The van der Waals surface area contributed by atoms with E-state index in [-0.39, 0.29) is 12.5 Å². The Labute approximate surface area is 272 Å². The number of ether oxygens (including phenoxy) is 2. The third kappa shape index (κ3) is 11.5. The average molecular weight is 617 g/mol. The second kappa shape index (κ2) is 19.9. The Hall–Kier alpha value is -3.34. The van der Waals surface area contributed by atoms with Gasteiger partial charge in [0.25, 0.3) is 0 Å². The van der Waals surface area contributed by atoms with E-state index in [2.05, 4.69) is 13.8 Å². The summed E-state index contributed by atoms with van der Waals surface area (Å²) in [6.45, 7) is 7.10. The molecule has 0 heterocycles. The summed E-state index contributed by atoms with van der Waals surface area (Å²) in [5, 5.41) is 10.5. The van der Waals surface area contributed by atoms with Crippen molar-refractivity contribution in [1.29, 1.82) is 0 Å². The lowest BCUT2D eigenvalue weighted by Gasteiger charge is -2.30. The van der Waals surface area contributed by atoms with Gasteiger partial charge < -0.3 is 14.6 Å². The minimum Gasteiger partial charge on any atom is -0.494 e. The monoisotopic (exact) mass is 616 g/mol. The molecular formula is C40H56O5. The molecule has 5 heteroatoms. The van der Waals surface area contributed by atoms with Gasteiger partial charge in [-0.25, -0.2) is 4.79 Å². The second-order valence-electron chi connectivity index (χ2n) is 12.6. The molecule has 1 aliphatic carbocycles. The first kappa shape index (κ1) is 36.1. The molecule has 45 heavy (non-hydrogen) atoms. The van der Waals surface area contributed by atoms with E-state index in [0.29, 0.717) is 11.1 Å². The van der Waals surface area contributed by atoms with Gasteiger partial charge in [0.2, 0.25) is 0 Å². The van der Waals surface area contributed by atoms with Gasteiger partial charge in [-0.3, -0.25) is 4.79 Å². The summed E-state index contributed by atoms with van der Waals surface area (Å²) in [4.78, 5) is 26.1. The van der Waals surface area contributed by atoms with E-state index in [1.165, 1.54) is 70.6 Å². The van der Waals surface area contributed by atoms with E-state index in [1.54, 1.807) is 30.3 Å². The van der Waals surface area contributed by atoms with Crippen molar-refractivity contribution >= 4 is 17.5 Å². The molecule has 2 aromatic rings. The summed E-state index contributed by atoms with van der Waals surface area (Å²) < 4.78 is 11.8. The molecule has 5 nitrogen and oxygen atoms in total. The smallest absolute Gasteiger partial charge is 0.338 e. The topological polar surface area (TPSA) is 72.8 Å². The number of rotatable bonds is 22. The molecule has 0 aromatic heterocycles. The highest BCUT2D eigenvalue weighted by atomic mass is 16.5. The Morgan fingerprint density at radius 3 is 2.00 bits per heavy atom. The molecule has 0 aliphatic heterocycles. The summed E-state index contributed by atoms with van der Waals surface area (Å²) >= 11 is 0. The zero-order valence-corrected chi connectivity index (χ0v) is 28.0. The molecule has 0 radical (unpaired) electrons. The molecule has 0 saturated carbocycles. The summed E-state index contributed by atoms with van der Waals surface area (Å²) in [5.41, 5.74) is 1.39. The van der Waals surface area contributed by atoms with Gasteiger partial charge in [0.15, 0.2) is 0 Å². The van der Waals surface area contributed by atoms with Gasteiger partial charge in [0.05, 0.1) is 18.3 Å². The number of hydrogen-bond acceptors (Lipinski definition) is 4. The van der Waals surface area contributed by atoms with Crippen LogP contribution in [0.3, 0.4) is 0 Å². The third-order valence-electron chi connectivity index (χ3n) is 8.93. The van der Waals surface area contributed by atoms with Gasteiger partial charge in [0.1, 0.15) is 11.2 Å². The minimum absolute atomic E-state index is 0.224. The van der Waals surface area contributed by atoms with Gasteiger partial charge in [-0.1, -0.05) is 139 Å². The van der Waals surface area contributed by atoms with Crippen LogP contribution in [0.15, 0.2) is 66.8 Å². The summed E-state index contributed by atoms with van der Waals surface area (Å²) in [6, 6.07) is 15.0.